The molecule has 0 bridgehead atoms. The summed E-state index contributed by atoms with van der Waals surface area (Å²) >= 11 is 1.60. The van der Waals surface area contributed by atoms with Gasteiger partial charge in [-0.05, 0) is 40.5 Å². The maximum atomic E-state index is 12.6. The second-order valence-corrected chi connectivity index (χ2v) is 8.85. The minimum Gasteiger partial charge on any atom is -0.349 e. The molecule has 0 aliphatic heterocycles. The number of amides is 2. The Bertz CT molecular complexity index is 728. The van der Waals surface area contributed by atoms with Crippen LogP contribution in [-0.4, -0.2) is 17.9 Å². The van der Waals surface area contributed by atoms with Crippen LogP contribution in [0, 0.1) is 5.92 Å². The van der Waals surface area contributed by atoms with E-state index in [1.54, 1.807) is 11.3 Å². The molecule has 0 aliphatic rings. The molecule has 2 amide bonds. The summed E-state index contributed by atoms with van der Waals surface area (Å²) in [6.45, 7) is 10.7. The van der Waals surface area contributed by atoms with Gasteiger partial charge in [-0.1, -0.05) is 52.8 Å². The number of benzene rings is 1. The maximum absolute atomic E-state index is 12.6. The van der Waals surface area contributed by atoms with E-state index in [0.717, 1.165) is 4.88 Å². The van der Waals surface area contributed by atoms with Crippen molar-refractivity contribution in [2.24, 2.45) is 5.92 Å². The number of thiophene rings is 1. The van der Waals surface area contributed by atoms with Gasteiger partial charge in [-0.3, -0.25) is 9.59 Å². The van der Waals surface area contributed by atoms with E-state index in [1.807, 2.05) is 55.6 Å². The fraction of sp³-hybridized carbons (Fsp3) is 0.429. The van der Waals surface area contributed by atoms with Crippen molar-refractivity contribution in [1.82, 2.24) is 10.6 Å². The van der Waals surface area contributed by atoms with E-state index in [2.05, 4.69) is 31.4 Å². The summed E-state index contributed by atoms with van der Waals surface area (Å²) in [5, 5.41) is 7.76. The predicted molar refractivity (Wildman–Crippen MR) is 107 cm³/mol. The van der Waals surface area contributed by atoms with Crippen LogP contribution in [-0.2, 0) is 16.8 Å². The van der Waals surface area contributed by atoms with E-state index in [4.69, 9.17) is 0 Å². The van der Waals surface area contributed by atoms with Crippen molar-refractivity contribution in [2.75, 3.05) is 0 Å². The largest absolute Gasteiger partial charge is 0.349 e. The van der Waals surface area contributed by atoms with Gasteiger partial charge in [0.1, 0.15) is 6.04 Å². The van der Waals surface area contributed by atoms with Crippen LogP contribution in [0.2, 0.25) is 0 Å². The molecular weight excluding hydrogens is 344 g/mol. The molecule has 1 heterocycles. The minimum atomic E-state index is -0.565. The van der Waals surface area contributed by atoms with Gasteiger partial charge in [-0.25, -0.2) is 0 Å². The van der Waals surface area contributed by atoms with E-state index < -0.39 is 6.04 Å². The van der Waals surface area contributed by atoms with E-state index >= 15 is 0 Å². The molecular formula is C21H28N2O2S. The van der Waals surface area contributed by atoms with Crippen molar-refractivity contribution in [3.63, 3.8) is 0 Å². The molecule has 1 aromatic heterocycles. The number of hydrogen-bond donors (Lipinski definition) is 2. The maximum Gasteiger partial charge on any atom is 0.251 e. The van der Waals surface area contributed by atoms with Gasteiger partial charge >= 0.3 is 0 Å². The highest BCUT2D eigenvalue weighted by Crippen LogP contribution is 2.22. The van der Waals surface area contributed by atoms with Gasteiger partial charge in [0, 0.05) is 10.4 Å². The molecule has 2 rings (SSSR count). The Morgan fingerprint density at radius 2 is 1.73 bits per heavy atom. The summed E-state index contributed by atoms with van der Waals surface area (Å²) in [6, 6.07) is 10.9. The number of carbonyl (C=O) groups excluding carboxylic acids is 2. The molecule has 4 nitrogen and oxygen atoms in total. The zero-order valence-corrected chi connectivity index (χ0v) is 16.9. The Morgan fingerprint density at radius 3 is 2.23 bits per heavy atom. The van der Waals surface area contributed by atoms with E-state index in [9.17, 15) is 9.59 Å². The Kier molecular flexibility index (Phi) is 6.59. The van der Waals surface area contributed by atoms with E-state index in [1.165, 1.54) is 5.56 Å². The van der Waals surface area contributed by atoms with Crippen molar-refractivity contribution in [1.29, 1.82) is 0 Å². The molecule has 5 heteroatoms. The summed E-state index contributed by atoms with van der Waals surface area (Å²) in [6.07, 6.45) is 0. The van der Waals surface area contributed by atoms with E-state index in [0.29, 0.717) is 12.1 Å². The van der Waals surface area contributed by atoms with Gasteiger partial charge < -0.3 is 10.6 Å². The molecule has 0 saturated heterocycles. The first kappa shape index (κ1) is 20.2. The van der Waals surface area contributed by atoms with Gasteiger partial charge in [0.15, 0.2) is 0 Å². The fourth-order valence-electron chi connectivity index (χ4n) is 2.58. The van der Waals surface area contributed by atoms with Crippen LogP contribution in [0.1, 0.15) is 55.4 Å². The average Bonchev–Trinajstić information content (AvgIpc) is 3.10. The number of nitrogens with one attached hydrogen (secondary N) is 2. The van der Waals surface area contributed by atoms with Gasteiger partial charge in [-0.2, -0.15) is 0 Å². The standard InChI is InChI=1S/C21H28N2O2S/c1-14(2)18(20(25)22-13-17-7-6-12-26-17)23-19(24)15-8-10-16(11-9-15)21(3,4)5/h6-12,14,18H,13H2,1-5H3,(H,22,25)(H,23,24). The van der Waals surface area contributed by atoms with Crippen LogP contribution in [0.5, 0.6) is 0 Å². The highest BCUT2D eigenvalue weighted by Gasteiger charge is 2.24. The van der Waals surface area contributed by atoms with Crippen molar-refractivity contribution in [3.05, 3.63) is 57.8 Å². The number of carbonyl (C=O) groups is 2. The van der Waals surface area contributed by atoms with Gasteiger partial charge in [0.2, 0.25) is 5.91 Å². The summed E-state index contributed by atoms with van der Waals surface area (Å²) < 4.78 is 0. The van der Waals surface area contributed by atoms with Crippen LogP contribution in [0.3, 0.4) is 0 Å². The Morgan fingerprint density at radius 1 is 1.08 bits per heavy atom. The first-order valence-corrected chi connectivity index (χ1v) is 9.78. The molecule has 1 aromatic carbocycles. The molecule has 2 aromatic rings. The zero-order valence-electron chi connectivity index (χ0n) is 16.1. The Labute approximate surface area is 160 Å². The van der Waals surface area contributed by atoms with Crippen LogP contribution in [0.4, 0.5) is 0 Å². The summed E-state index contributed by atoms with van der Waals surface area (Å²) in [5.41, 5.74) is 1.77. The lowest BCUT2D eigenvalue weighted by molar-refractivity contribution is -0.124. The third-order valence-corrected chi connectivity index (χ3v) is 5.14. The topological polar surface area (TPSA) is 58.2 Å². The molecule has 26 heavy (non-hydrogen) atoms. The van der Waals surface area contributed by atoms with Gasteiger partial charge in [0.05, 0.1) is 6.54 Å². The van der Waals surface area contributed by atoms with Crippen LogP contribution >= 0.6 is 11.3 Å². The minimum absolute atomic E-state index is 0.00358. The molecule has 140 valence electrons. The number of rotatable bonds is 6. The molecule has 1 unspecified atom stereocenters. The van der Waals surface area contributed by atoms with Crippen LogP contribution < -0.4 is 10.6 Å². The second-order valence-electron chi connectivity index (χ2n) is 7.82. The third kappa shape index (κ3) is 5.43. The highest BCUT2D eigenvalue weighted by molar-refractivity contribution is 7.09. The molecule has 0 fully saturated rings. The average molecular weight is 373 g/mol. The van der Waals surface area contributed by atoms with Crippen molar-refractivity contribution in [3.8, 4) is 0 Å². The summed E-state index contributed by atoms with van der Waals surface area (Å²) in [4.78, 5) is 26.2. The smallest absolute Gasteiger partial charge is 0.251 e. The van der Waals surface area contributed by atoms with Crippen molar-refractivity contribution in [2.45, 2.75) is 52.6 Å². The molecule has 1 atom stereocenters. The first-order chi connectivity index (χ1) is 12.2. The highest BCUT2D eigenvalue weighted by atomic mass is 32.1. The third-order valence-electron chi connectivity index (χ3n) is 4.27. The van der Waals surface area contributed by atoms with Crippen molar-refractivity contribution >= 4 is 23.2 Å². The fourth-order valence-corrected chi connectivity index (χ4v) is 3.22. The lowest BCUT2D eigenvalue weighted by atomic mass is 9.86. The Balaban J connectivity index is 2.01. The van der Waals surface area contributed by atoms with Gasteiger partial charge in [-0.15, -0.1) is 11.3 Å². The summed E-state index contributed by atoms with van der Waals surface area (Å²) in [7, 11) is 0. The lowest BCUT2D eigenvalue weighted by Gasteiger charge is -2.22. The first-order valence-electron chi connectivity index (χ1n) is 8.90. The van der Waals surface area contributed by atoms with Gasteiger partial charge in [0.25, 0.3) is 5.91 Å². The quantitative estimate of drug-likeness (QED) is 0.801. The Hall–Kier alpha value is -2.14. The van der Waals surface area contributed by atoms with Crippen LogP contribution in [0.25, 0.3) is 0 Å². The predicted octanol–water partition coefficient (Wildman–Crippen LogP) is 4.12. The lowest BCUT2D eigenvalue weighted by Crippen LogP contribution is -2.49. The normalized spacial score (nSPS) is 12.7. The molecule has 0 radical (unpaired) electrons. The van der Waals surface area contributed by atoms with Crippen molar-refractivity contribution < 1.29 is 9.59 Å². The molecule has 0 spiro atoms. The zero-order chi connectivity index (χ0) is 19.3. The SMILES string of the molecule is CC(C)C(NC(=O)c1ccc(C(C)(C)C)cc1)C(=O)NCc1cccs1. The molecule has 0 aliphatic carbocycles. The molecule has 0 saturated carbocycles. The van der Waals surface area contributed by atoms with E-state index in [-0.39, 0.29) is 23.1 Å². The monoisotopic (exact) mass is 372 g/mol. The second kappa shape index (κ2) is 8.49. The number of hydrogen-bond acceptors (Lipinski definition) is 3. The molecule has 2 N–H and O–H groups in total. The van der Waals surface area contributed by atoms with Crippen LogP contribution in [0.15, 0.2) is 41.8 Å². The summed E-state index contributed by atoms with van der Waals surface area (Å²) in [5.74, 6) is -0.389.